The summed E-state index contributed by atoms with van der Waals surface area (Å²) in [6.07, 6.45) is 5.73. The lowest BCUT2D eigenvalue weighted by Gasteiger charge is -2.11. The third kappa shape index (κ3) is 5.82. The summed E-state index contributed by atoms with van der Waals surface area (Å²) in [4.78, 5) is 16.4. The third-order valence-electron chi connectivity index (χ3n) is 2.45. The van der Waals surface area contributed by atoms with Crippen molar-refractivity contribution in [2.24, 2.45) is 0 Å². The Morgan fingerprint density at radius 3 is 2.95 bits per heavy atom. The molecular weight excluding hydrogens is 326 g/mol. The fourth-order valence-corrected chi connectivity index (χ4v) is 2.27. The summed E-state index contributed by atoms with van der Waals surface area (Å²) in [5.41, 5.74) is 0.590. The number of halogens is 1. The Hall–Kier alpha value is -0.750. The first kappa shape index (κ1) is 16.3. The van der Waals surface area contributed by atoms with Gasteiger partial charge < -0.3 is 10.6 Å². The van der Waals surface area contributed by atoms with Crippen molar-refractivity contribution in [2.75, 3.05) is 30.4 Å². The fourth-order valence-electron chi connectivity index (χ4n) is 1.51. The van der Waals surface area contributed by atoms with Crippen molar-refractivity contribution in [1.82, 2.24) is 10.3 Å². The first-order chi connectivity index (χ1) is 9.19. The Labute approximate surface area is 127 Å². The minimum atomic E-state index is -0.0755. The minimum Gasteiger partial charge on any atom is -0.369 e. The molecule has 0 saturated heterocycles. The van der Waals surface area contributed by atoms with Crippen LogP contribution in [0, 0.1) is 0 Å². The van der Waals surface area contributed by atoms with Crippen LogP contribution in [0.3, 0.4) is 0 Å². The number of amides is 1. The molecule has 0 fully saturated rings. The maximum absolute atomic E-state index is 12.1. The van der Waals surface area contributed by atoms with Crippen LogP contribution in [-0.4, -0.2) is 36.0 Å². The van der Waals surface area contributed by atoms with Crippen LogP contribution in [0.1, 0.15) is 30.1 Å². The molecule has 0 bridgehead atoms. The van der Waals surface area contributed by atoms with Crippen molar-refractivity contribution in [3.05, 3.63) is 22.3 Å². The first-order valence-corrected chi connectivity index (χ1v) is 8.54. The van der Waals surface area contributed by atoms with Gasteiger partial charge in [-0.3, -0.25) is 4.79 Å². The van der Waals surface area contributed by atoms with Crippen LogP contribution in [0.4, 0.5) is 5.82 Å². The Morgan fingerprint density at radius 1 is 1.47 bits per heavy atom. The topological polar surface area (TPSA) is 54.0 Å². The van der Waals surface area contributed by atoms with E-state index in [1.54, 1.807) is 24.0 Å². The molecule has 0 spiro atoms. The molecule has 106 valence electrons. The number of thioether (sulfide) groups is 1. The molecule has 1 aromatic rings. The minimum absolute atomic E-state index is 0.0755. The van der Waals surface area contributed by atoms with E-state index in [0.29, 0.717) is 17.9 Å². The van der Waals surface area contributed by atoms with Crippen molar-refractivity contribution < 1.29 is 4.79 Å². The van der Waals surface area contributed by atoms with Gasteiger partial charge >= 0.3 is 0 Å². The number of hydrogen-bond donors (Lipinski definition) is 2. The predicted molar refractivity (Wildman–Crippen MR) is 86.0 cm³/mol. The van der Waals surface area contributed by atoms with Gasteiger partial charge in [0.1, 0.15) is 5.82 Å². The molecule has 0 aromatic carbocycles. The first-order valence-electron chi connectivity index (χ1n) is 6.35. The molecule has 0 unspecified atom stereocenters. The van der Waals surface area contributed by atoms with Crippen LogP contribution in [-0.2, 0) is 0 Å². The molecule has 0 aliphatic rings. The Morgan fingerprint density at radius 2 is 2.26 bits per heavy atom. The van der Waals surface area contributed by atoms with Crippen LogP contribution < -0.4 is 10.6 Å². The van der Waals surface area contributed by atoms with E-state index in [1.165, 1.54) is 0 Å². The third-order valence-corrected chi connectivity index (χ3v) is 3.58. The van der Waals surface area contributed by atoms with Gasteiger partial charge in [-0.25, -0.2) is 4.98 Å². The van der Waals surface area contributed by atoms with E-state index in [-0.39, 0.29) is 5.91 Å². The van der Waals surface area contributed by atoms with Gasteiger partial charge in [0.15, 0.2) is 0 Å². The van der Waals surface area contributed by atoms with Gasteiger partial charge in [0, 0.05) is 23.8 Å². The SMILES string of the molecule is CCCNc1ncc(Br)cc1C(=O)NCCCSC. The van der Waals surface area contributed by atoms with Crippen LogP contribution in [0.2, 0.25) is 0 Å². The average molecular weight is 346 g/mol. The fraction of sp³-hybridized carbons (Fsp3) is 0.538. The number of carbonyl (C=O) groups excluding carboxylic acids is 1. The van der Waals surface area contributed by atoms with Gasteiger partial charge in [0.25, 0.3) is 5.91 Å². The number of rotatable bonds is 8. The molecule has 1 rings (SSSR count). The molecule has 0 saturated carbocycles. The standard InChI is InChI=1S/C13H20BrN3OS/c1-3-5-15-12-11(8-10(14)9-17-12)13(18)16-6-4-7-19-2/h8-9H,3-7H2,1-2H3,(H,15,17)(H,16,18). The highest BCUT2D eigenvalue weighted by molar-refractivity contribution is 9.10. The number of nitrogens with zero attached hydrogens (tertiary/aromatic N) is 1. The van der Waals surface area contributed by atoms with E-state index in [0.717, 1.165) is 29.6 Å². The monoisotopic (exact) mass is 345 g/mol. The van der Waals surface area contributed by atoms with Crippen LogP contribution in [0.5, 0.6) is 0 Å². The largest absolute Gasteiger partial charge is 0.369 e. The van der Waals surface area contributed by atoms with E-state index in [2.05, 4.69) is 44.7 Å². The highest BCUT2D eigenvalue weighted by Crippen LogP contribution is 2.18. The maximum atomic E-state index is 12.1. The summed E-state index contributed by atoms with van der Waals surface area (Å²) < 4.78 is 0.809. The summed E-state index contributed by atoms with van der Waals surface area (Å²) in [6.45, 7) is 3.58. The highest BCUT2D eigenvalue weighted by atomic mass is 79.9. The second-order valence-electron chi connectivity index (χ2n) is 4.08. The molecule has 1 heterocycles. The van der Waals surface area contributed by atoms with Crippen molar-refractivity contribution in [3.8, 4) is 0 Å². The number of anilines is 1. The summed E-state index contributed by atoms with van der Waals surface area (Å²) in [5.74, 6) is 1.62. The summed E-state index contributed by atoms with van der Waals surface area (Å²) in [7, 11) is 0. The molecule has 19 heavy (non-hydrogen) atoms. The molecule has 0 atom stereocenters. The lowest BCUT2D eigenvalue weighted by molar-refractivity contribution is 0.0954. The zero-order chi connectivity index (χ0) is 14.1. The van der Waals surface area contributed by atoms with E-state index < -0.39 is 0 Å². The maximum Gasteiger partial charge on any atom is 0.255 e. The zero-order valence-corrected chi connectivity index (χ0v) is 13.7. The van der Waals surface area contributed by atoms with Crippen molar-refractivity contribution in [3.63, 3.8) is 0 Å². The molecule has 0 aliphatic carbocycles. The van der Waals surface area contributed by atoms with Gasteiger partial charge in [-0.2, -0.15) is 11.8 Å². The molecular formula is C13H20BrN3OS. The predicted octanol–water partition coefficient (Wildman–Crippen LogP) is 3.15. The molecule has 2 N–H and O–H groups in total. The molecule has 1 amide bonds. The Balaban J connectivity index is 2.67. The van der Waals surface area contributed by atoms with E-state index >= 15 is 0 Å². The number of aromatic nitrogens is 1. The van der Waals surface area contributed by atoms with Crippen LogP contribution in [0.15, 0.2) is 16.7 Å². The van der Waals surface area contributed by atoms with Gasteiger partial charge in [-0.15, -0.1) is 0 Å². The lowest BCUT2D eigenvalue weighted by atomic mass is 10.2. The second-order valence-corrected chi connectivity index (χ2v) is 5.98. The van der Waals surface area contributed by atoms with Gasteiger partial charge in [-0.05, 0) is 46.8 Å². The zero-order valence-electron chi connectivity index (χ0n) is 11.3. The van der Waals surface area contributed by atoms with E-state index in [4.69, 9.17) is 0 Å². The normalized spacial score (nSPS) is 10.3. The Bertz CT molecular complexity index is 415. The molecule has 0 radical (unpaired) electrons. The van der Waals surface area contributed by atoms with Crippen molar-refractivity contribution in [1.29, 1.82) is 0 Å². The number of pyridine rings is 1. The smallest absolute Gasteiger partial charge is 0.255 e. The molecule has 4 nitrogen and oxygen atoms in total. The van der Waals surface area contributed by atoms with Gasteiger partial charge in [-0.1, -0.05) is 6.92 Å². The van der Waals surface area contributed by atoms with E-state index in [9.17, 15) is 4.79 Å². The van der Waals surface area contributed by atoms with E-state index in [1.807, 2.05) is 0 Å². The van der Waals surface area contributed by atoms with Gasteiger partial charge in [0.05, 0.1) is 5.56 Å². The second kappa shape index (κ2) is 9.20. The lowest BCUT2D eigenvalue weighted by Crippen LogP contribution is -2.26. The highest BCUT2D eigenvalue weighted by Gasteiger charge is 2.12. The van der Waals surface area contributed by atoms with Crippen LogP contribution >= 0.6 is 27.7 Å². The summed E-state index contributed by atoms with van der Waals surface area (Å²) >= 11 is 5.13. The average Bonchev–Trinajstić information content (AvgIpc) is 2.42. The summed E-state index contributed by atoms with van der Waals surface area (Å²) in [6, 6.07) is 1.80. The van der Waals surface area contributed by atoms with Crippen LogP contribution in [0.25, 0.3) is 0 Å². The number of carbonyl (C=O) groups is 1. The quantitative estimate of drug-likeness (QED) is 0.710. The number of hydrogen-bond acceptors (Lipinski definition) is 4. The molecule has 1 aromatic heterocycles. The Kier molecular flexibility index (Phi) is 7.90. The number of nitrogens with one attached hydrogen (secondary N) is 2. The summed E-state index contributed by atoms with van der Waals surface area (Å²) in [5, 5.41) is 6.10. The molecule has 6 heteroatoms. The van der Waals surface area contributed by atoms with Crippen molar-refractivity contribution in [2.45, 2.75) is 19.8 Å². The molecule has 0 aliphatic heterocycles. The van der Waals surface area contributed by atoms with Gasteiger partial charge in [0.2, 0.25) is 0 Å². The van der Waals surface area contributed by atoms with Crippen molar-refractivity contribution >= 4 is 39.4 Å².